The molecule has 4 rings (SSSR count). The van der Waals surface area contributed by atoms with Crippen LogP contribution in [0.15, 0.2) is 18.2 Å². The van der Waals surface area contributed by atoms with Crippen molar-refractivity contribution in [3.05, 3.63) is 29.8 Å². The monoisotopic (exact) mass is 364 g/mol. The van der Waals surface area contributed by atoms with E-state index in [-0.39, 0.29) is 18.1 Å². The summed E-state index contributed by atoms with van der Waals surface area (Å²) in [6.07, 6.45) is 5.51. The minimum Gasteiger partial charge on any atom is -0.393 e. The molecule has 142 valence electrons. The Balaban J connectivity index is 1.50. The normalized spacial score (nSPS) is 32.5. The molecule has 26 heavy (non-hydrogen) atoms. The Kier molecular flexibility index (Phi) is 4.63. The van der Waals surface area contributed by atoms with Crippen molar-refractivity contribution in [2.45, 2.75) is 57.1 Å². The number of carbonyl (C=O) groups is 1. The van der Waals surface area contributed by atoms with Gasteiger partial charge in [-0.3, -0.25) is 4.79 Å². The maximum atomic E-state index is 13.6. The molecule has 4 nitrogen and oxygen atoms in total. The zero-order valence-electron chi connectivity index (χ0n) is 15.0. The molecule has 0 radical (unpaired) electrons. The lowest BCUT2D eigenvalue weighted by Gasteiger charge is -2.41. The van der Waals surface area contributed by atoms with E-state index in [9.17, 15) is 18.7 Å². The Morgan fingerprint density at radius 1 is 1.00 bits per heavy atom. The second-order valence-corrected chi connectivity index (χ2v) is 8.14. The van der Waals surface area contributed by atoms with Gasteiger partial charge in [-0.2, -0.15) is 0 Å². The fraction of sp³-hybridized carbons (Fsp3) is 0.650. The molecular weight excluding hydrogens is 338 g/mol. The predicted molar refractivity (Wildman–Crippen MR) is 94.8 cm³/mol. The summed E-state index contributed by atoms with van der Waals surface area (Å²) in [5.41, 5.74) is 0.0884. The van der Waals surface area contributed by atoms with Crippen molar-refractivity contribution in [1.29, 1.82) is 0 Å². The third-order valence-corrected chi connectivity index (χ3v) is 6.44. The third kappa shape index (κ3) is 3.20. The van der Waals surface area contributed by atoms with Crippen LogP contribution in [0, 0.1) is 17.0 Å². The van der Waals surface area contributed by atoms with Gasteiger partial charge in [0.05, 0.1) is 11.5 Å². The molecule has 3 fully saturated rings. The molecule has 1 aromatic rings. The SMILES string of the molecule is O=C1N(C2CCC(O)CC2)CC[C@]12CCCN(c1cc(F)cc(F)c1)C2. The smallest absolute Gasteiger partial charge is 0.230 e. The molecule has 0 unspecified atom stereocenters. The third-order valence-electron chi connectivity index (χ3n) is 6.44. The Bertz CT molecular complexity index is 670. The van der Waals surface area contributed by atoms with Crippen LogP contribution in [-0.4, -0.2) is 47.7 Å². The number of hydrogen-bond acceptors (Lipinski definition) is 3. The summed E-state index contributed by atoms with van der Waals surface area (Å²) in [6, 6.07) is 3.81. The van der Waals surface area contributed by atoms with Crippen LogP contribution >= 0.6 is 0 Å². The molecule has 0 bridgehead atoms. The van der Waals surface area contributed by atoms with Gasteiger partial charge in [0.25, 0.3) is 0 Å². The van der Waals surface area contributed by atoms with Crippen molar-refractivity contribution in [2.75, 3.05) is 24.5 Å². The van der Waals surface area contributed by atoms with E-state index < -0.39 is 17.0 Å². The summed E-state index contributed by atoms with van der Waals surface area (Å²) in [5.74, 6) is -0.972. The summed E-state index contributed by atoms with van der Waals surface area (Å²) in [5, 5.41) is 9.71. The fourth-order valence-electron chi connectivity index (χ4n) is 5.02. The van der Waals surface area contributed by atoms with E-state index in [1.165, 1.54) is 12.1 Å². The zero-order valence-corrected chi connectivity index (χ0v) is 15.0. The lowest BCUT2D eigenvalue weighted by atomic mass is 9.78. The summed E-state index contributed by atoms with van der Waals surface area (Å²) < 4.78 is 27.2. The Hall–Kier alpha value is -1.69. The Morgan fingerprint density at radius 2 is 1.69 bits per heavy atom. The number of carbonyl (C=O) groups excluding carboxylic acids is 1. The molecule has 0 aromatic heterocycles. The van der Waals surface area contributed by atoms with E-state index in [0.717, 1.165) is 57.6 Å². The van der Waals surface area contributed by atoms with Gasteiger partial charge in [-0.1, -0.05) is 0 Å². The van der Waals surface area contributed by atoms with Gasteiger partial charge in [-0.25, -0.2) is 8.78 Å². The molecule has 1 saturated carbocycles. The average Bonchev–Trinajstić information content (AvgIpc) is 2.91. The quantitative estimate of drug-likeness (QED) is 0.877. The highest BCUT2D eigenvalue weighted by atomic mass is 19.1. The van der Waals surface area contributed by atoms with E-state index in [2.05, 4.69) is 0 Å². The van der Waals surface area contributed by atoms with Crippen molar-refractivity contribution >= 4 is 11.6 Å². The van der Waals surface area contributed by atoms with E-state index in [1.54, 1.807) is 0 Å². The first-order chi connectivity index (χ1) is 12.5. The standard InChI is InChI=1S/C20H26F2N2O2/c21-14-10-15(22)12-17(11-14)23-8-1-6-20(13-23)7-9-24(19(20)26)16-2-4-18(25)5-3-16/h10-12,16,18,25H,1-9,13H2/t16?,18?,20-/m0/s1. The molecule has 2 heterocycles. The van der Waals surface area contributed by atoms with E-state index in [0.29, 0.717) is 18.8 Å². The number of piperidine rings is 1. The largest absolute Gasteiger partial charge is 0.393 e. The second-order valence-electron chi connectivity index (χ2n) is 8.14. The Labute approximate surface area is 152 Å². The lowest BCUT2D eigenvalue weighted by molar-refractivity contribution is -0.139. The number of aliphatic hydroxyl groups excluding tert-OH is 1. The van der Waals surface area contributed by atoms with E-state index in [4.69, 9.17) is 0 Å². The highest BCUT2D eigenvalue weighted by molar-refractivity contribution is 5.86. The molecule has 3 aliphatic rings. The van der Waals surface area contributed by atoms with Gasteiger partial charge >= 0.3 is 0 Å². The number of rotatable bonds is 2. The topological polar surface area (TPSA) is 43.8 Å². The number of halogens is 2. The molecule has 6 heteroatoms. The number of benzene rings is 1. The van der Waals surface area contributed by atoms with Crippen LogP contribution in [0.5, 0.6) is 0 Å². The second kappa shape index (κ2) is 6.80. The van der Waals surface area contributed by atoms with Crippen LogP contribution in [0.1, 0.15) is 44.9 Å². The van der Waals surface area contributed by atoms with Crippen LogP contribution in [0.3, 0.4) is 0 Å². The van der Waals surface area contributed by atoms with Crippen molar-refractivity contribution in [2.24, 2.45) is 5.41 Å². The summed E-state index contributed by atoms with van der Waals surface area (Å²) >= 11 is 0. The molecule has 1 atom stereocenters. The minimum atomic E-state index is -0.584. The van der Waals surface area contributed by atoms with E-state index in [1.807, 2.05) is 9.80 Å². The zero-order chi connectivity index (χ0) is 18.3. The van der Waals surface area contributed by atoms with Crippen molar-refractivity contribution in [3.63, 3.8) is 0 Å². The van der Waals surface area contributed by atoms with Gasteiger partial charge in [-0.05, 0) is 57.1 Å². The highest BCUT2D eigenvalue weighted by Gasteiger charge is 2.50. The van der Waals surface area contributed by atoms with Crippen LogP contribution in [0.2, 0.25) is 0 Å². The molecule has 2 aliphatic heterocycles. The molecule has 1 spiro atoms. The molecule has 1 aliphatic carbocycles. The molecule has 1 aromatic carbocycles. The summed E-state index contributed by atoms with van der Waals surface area (Å²) in [6.45, 7) is 2.00. The number of hydrogen-bond donors (Lipinski definition) is 1. The van der Waals surface area contributed by atoms with Gasteiger partial charge in [0.1, 0.15) is 11.6 Å². The minimum absolute atomic E-state index is 0.195. The number of anilines is 1. The van der Waals surface area contributed by atoms with Crippen molar-refractivity contribution in [1.82, 2.24) is 4.90 Å². The van der Waals surface area contributed by atoms with Gasteiger partial charge in [-0.15, -0.1) is 0 Å². The predicted octanol–water partition coefficient (Wildman–Crippen LogP) is 3.09. The summed E-state index contributed by atoms with van der Waals surface area (Å²) in [4.78, 5) is 17.2. The Morgan fingerprint density at radius 3 is 2.38 bits per heavy atom. The fourth-order valence-corrected chi connectivity index (χ4v) is 5.02. The van der Waals surface area contributed by atoms with Crippen LogP contribution in [0.4, 0.5) is 14.5 Å². The van der Waals surface area contributed by atoms with Crippen LogP contribution < -0.4 is 4.90 Å². The summed E-state index contributed by atoms with van der Waals surface area (Å²) in [7, 11) is 0. The average molecular weight is 364 g/mol. The lowest BCUT2D eigenvalue weighted by Crippen LogP contribution is -2.50. The molecular formula is C20H26F2N2O2. The van der Waals surface area contributed by atoms with Crippen molar-refractivity contribution in [3.8, 4) is 0 Å². The number of aliphatic hydroxyl groups is 1. The molecule has 2 saturated heterocycles. The first-order valence-electron chi connectivity index (χ1n) is 9.67. The first-order valence-corrected chi connectivity index (χ1v) is 9.67. The van der Waals surface area contributed by atoms with Gasteiger partial charge < -0.3 is 14.9 Å². The number of amides is 1. The molecule has 1 amide bonds. The first kappa shape index (κ1) is 17.7. The molecule has 1 N–H and O–H groups in total. The number of nitrogens with zero attached hydrogens (tertiary/aromatic N) is 2. The van der Waals surface area contributed by atoms with E-state index >= 15 is 0 Å². The van der Waals surface area contributed by atoms with Gasteiger partial charge in [0.15, 0.2) is 0 Å². The van der Waals surface area contributed by atoms with Gasteiger partial charge in [0.2, 0.25) is 5.91 Å². The van der Waals surface area contributed by atoms with Gasteiger partial charge in [0, 0.05) is 37.4 Å². The van der Waals surface area contributed by atoms with Crippen molar-refractivity contribution < 1.29 is 18.7 Å². The maximum absolute atomic E-state index is 13.6. The van der Waals surface area contributed by atoms with Crippen LogP contribution in [0.25, 0.3) is 0 Å². The number of likely N-dealkylation sites (tertiary alicyclic amines) is 1. The maximum Gasteiger partial charge on any atom is 0.230 e. The highest BCUT2D eigenvalue weighted by Crippen LogP contribution is 2.43. The van der Waals surface area contributed by atoms with Crippen LogP contribution in [-0.2, 0) is 4.79 Å².